The molecule has 1 amide bonds. The summed E-state index contributed by atoms with van der Waals surface area (Å²) in [5.41, 5.74) is 2.90. The third-order valence-electron chi connectivity index (χ3n) is 4.29. The van der Waals surface area contributed by atoms with Crippen molar-refractivity contribution >= 4 is 23.3 Å². The van der Waals surface area contributed by atoms with Crippen LogP contribution < -0.4 is 5.32 Å². The zero-order valence-corrected chi connectivity index (χ0v) is 17.6. The molecule has 0 bridgehead atoms. The second-order valence-electron chi connectivity index (χ2n) is 8.19. The first kappa shape index (κ1) is 20.2. The third-order valence-corrected chi connectivity index (χ3v) is 4.51. The monoisotopic (exact) mass is 399 g/mol. The normalized spacial score (nSPS) is 13.0. The minimum Gasteiger partial charge on any atom is -0.444 e. The number of ether oxygens (including phenoxy) is 1. The Hall–Kier alpha value is -2.53. The maximum Gasteiger partial charge on any atom is 0.408 e. The van der Waals surface area contributed by atoms with Crippen LogP contribution in [-0.4, -0.2) is 21.1 Å². The molecule has 148 valence electrons. The molecule has 1 aromatic carbocycles. The van der Waals surface area contributed by atoms with E-state index in [4.69, 9.17) is 21.3 Å². The average Bonchev–Trinajstić information content (AvgIpc) is 3.02. The van der Waals surface area contributed by atoms with Crippen molar-refractivity contribution in [2.75, 3.05) is 0 Å². The van der Waals surface area contributed by atoms with Gasteiger partial charge in [0.1, 0.15) is 11.2 Å². The molecule has 0 radical (unpaired) electrons. The number of pyridine rings is 1. The molecule has 1 atom stereocenters. The van der Waals surface area contributed by atoms with Gasteiger partial charge < -0.3 is 14.5 Å². The van der Waals surface area contributed by atoms with Crippen LogP contribution in [0.4, 0.5) is 4.79 Å². The zero-order valence-electron chi connectivity index (χ0n) is 16.9. The van der Waals surface area contributed by atoms with Gasteiger partial charge in [-0.25, -0.2) is 9.78 Å². The molecule has 5 nitrogen and oxygen atoms in total. The van der Waals surface area contributed by atoms with Crippen LogP contribution in [-0.2, 0) is 4.74 Å². The van der Waals surface area contributed by atoms with E-state index in [1.54, 1.807) is 0 Å². The molecular formula is C22H26ClN3O2. The quantitative estimate of drug-likeness (QED) is 0.596. The van der Waals surface area contributed by atoms with Gasteiger partial charge in [0.25, 0.3) is 0 Å². The molecule has 2 aromatic heterocycles. The van der Waals surface area contributed by atoms with E-state index in [9.17, 15) is 4.79 Å². The summed E-state index contributed by atoms with van der Waals surface area (Å²) in [5, 5.41) is 3.56. The summed E-state index contributed by atoms with van der Waals surface area (Å²) in [6.07, 6.45) is 1.52. The Morgan fingerprint density at radius 1 is 1.18 bits per heavy atom. The van der Waals surface area contributed by atoms with Gasteiger partial charge in [0.15, 0.2) is 0 Å². The van der Waals surface area contributed by atoms with Gasteiger partial charge in [-0.15, -0.1) is 0 Å². The number of imidazole rings is 1. The van der Waals surface area contributed by atoms with Crippen LogP contribution in [0.2, 0.25) is 5.02 Å². The fraction of sp³-hybridized carbons (Fsp3) is 0.364. The molecule has 3 aromatic rings. The van der Waals surface area contributed by atoms with Crippen molar-refractivity contribution in [3.63, 3.8) is 0 Å². The van der Waals surface area contributed by atoms with E-state index in [1.807, 2.05) is 87.7 Å². The van der Waals surface area contributed by atoms with Crippen LogP contribution in [0.1, 0.15) is 46.4 Å². The molecule has 0 saturated carbocycles. The lowest BCUT2D eigenvalue weighted by atomic mass is 10.00. The molecule has 0 spiro atoms. The summed E-state index contributed by atoms with van der Waals surface area (Å²) < 4.78 is 7.43. The molecule has 6 heteroatoms. The minimum atomic E-state index is -0.565. The van der Waals surface area contributed by atoms with E-state index in [0.29, 0.717) is 5.02 Å². The van der Waals surface area contributed by atoms with Crippen LogP contribution in [0, 0.1) is 5.92 Å². The number of amides is 1. The van der Waals surface area contributed by atoms with Gasteiger partial charge in [0.05, 0.1) is 11.7 Å². The number of nitrogens with zero attached hydrogens (tertiary/aromatic N) is 2. The number of hydrogen-bond acceptors (Lipinski definition) is 3. The number of nitrogens with one attached hydrogen (secondary N) is 1. The predicted molar refractivity (Wildman–Crippen MR) is 113 cm³/mol. The maximum absolute atomic E-state index is 12.4. The number of benzene rings is 1. The Labute approximate surface area is 170 Å². The first-order valence-corrected chi connectivity index (χ1v) is 9.75. The van der Waals surface area contributed by atoms with Crippen LogP contribution >= 0.6 is 11.6 Å². The zero-order chi connectivity index (χ0) is 20.5. The van der Waals surface area contributed by atoms with E-state index in [1.165, 1.54) is 0 Å². The minimum absolute atomic E-state index is 0.122. The number of alkyl carbamates (subject to hydrolysis) is 1. The topological polar surface area (TPSA) is 55.6 Å². The van der Waals surface area contributed by atoms with Crippen molar-refractivity contribution in [2.24, 2.45) is 5.92 Å². The van der Waals surface area contributed by atoms with E-state index < -0.39 is 11.7 Å². The van der Waals surface area contributed by atoms with Crippen molar-refractivity contribution in [2.45, 2.75) is 46.3 Å². The van der Waals surface area contributed by atoms with Crippen molar-refractivity contribution in [1.29, 1.82) is 0 Å². The molecule has 1 N–H and O–H groups in total. The highest BCUT2D eigenvalue weighted by atomic mass is 35.5. The van der Waals surface area contributed by atoms with Crippen molar-refractivity contribution in [1.82, 2.24) is 14.7 Å². The molecule has 3 rings (SSSR count). The van der Waals surface area contributed by atoms with Crippen LogP contribution in [0.3, 0.4) is 0 Å². The summed E-state index contributed by atoms with van der Waals surface area (Å²) >= 11 is 6.37. The molecule has 2 heterocycles. The number of aromatic nitrogens is 2. The molecular weight excluding hydrogens is 374 g/mol. The van der Waals surface area contributed by atoms with Crippen molar-refractivity contribution in [3.8, 4) is 11.3 Å². The number of fused-ring (bicyclic) bond motifs is 1. The second-order valence-corrected chi connectivity index (χ2v) is 8.62. The Morgan fingerprint density at radius 3 is 2.46 bits per heavy atom. The fourth-order valence-corrected chi connectivity index (χ4v) is 3.29. The van der Waals surface area contributed by atoms with E-state index in [-0.39, 0.29) is 12.0 Å². The third kappa shape index (κ3) is 4.65. The predicted octanol–water partition coefficient (Wildman–Crippen LogP) is 5.88. The lowest BCUT2D eigenvalue weighted by molar-refractivity contribution is 0.0487. The Balaban J connectivity index is 2.03. The SMILES string of the molecule is CC(C)C(NC(=O)OC(C)(C)C)c1cc(Cl)cc2nc(-c3ccccc3)cn12. The highest BCUT2D eigenvalue weighted by molar-refractivity contribution is 6.30. The van der Waals surface area contributed by atoms with Gasteiger partial charge in [-0.2, -0.15) is 0 Å². The molecule has 0 aliphatic heterocycles. The first-order valence-electron chi connectivity index (χ1n) is 9.37. The Kier molecular flexibility index (Phi) is 5.66. The Morgan fingerprint density at radius 2 is 1.86 bits per heavy atom. The molecule has 28 heavy (non-hydrogen) atoms. The van der Waals surface area contributed by atoms with Gasteiger partial charge in [-0.05, 0) is 32.8 Å². The van der Waals surface area contributed by atoms with Crippen molar-refractivity contribution in [3.05, 3.63) is 59.4 Å². The van der Waals surface area contributed by atoms with Gasteiger partial charge >= 0.3 is 6.09 Å². The maximum atomic E-state index is 12.4. The number of halogens is 1. The summed E-state index contributed by atoms with van der Waals surface area (Å²) in [6, 6.07) is 13.4. The van der Waals surface area contributed by atoms with Crippen LogP contribution in [0.25, 0.3) is 16.9 Å². The largest absolute Gasteiger partial charge is 0.444 e. The standard InChI is InChI=1S/C22H26ClN3O2/c1-14(2)20(25-21(27)28-22(3,4)5)18-11-16(23)12-19-24-17(13-26(18)19)15-9-7-6-8-10-15/h6-14,20H,1-5H3,(H,25,27). The number of rotatable bonds is 4. The highest BCUT2D eigenvalue weighted by Crippen LogP contribution is 2.29. The van der Waals surface area contributed by atoms with Gasteiger partial charge in [0.2, 0.25) is 0 Å². The summed E-state index contributed by atoms with van der Waals surface area (Å²) in [6.45, 7) is 9.62. The van der Waals surface area contributed by atoms with Crippen LogP contribution in [0.5, 0.6) is 0 Å². The van der Waals surface area contributed by atoms with E-state index in [0.717, 1.165) is 22.6 Å². The number of carbonyl (C=O) groups is 1. The van der Waals surface area contributed by atoms with E-state index in [2.05, 4.69) is 5.32 Å². The molecule has 0 fully saturated rings. The lowest BCUT2D eigenvalue weighted by Gasteiger charge is -2.26. The lowest BCUT2D eigenvalue weighted by Crippen LogP contribution is -2.37. The fourth-order valence-electron chi connectivity index (χ4n) is 3.08. The summed E-state index contributed by atoms with van der Waals surface area (Å²) in [4.78, 5) is 17.1. The second kappa shape index (κ2) is 7.84. The molecule has 0 saturated heterocycles. The molecule has 1 unspecified atom stereocenters. The average molecular weight is 400 g/mol. The summed E-state index contributed by atoms with van der Waals surface area (Å²) in [5.74, 6) is 0.122. The van der Waals surface area contributed by atoms with Gasteiger partial charge in [-0.1, -0.05) is 55.8 Å². The number of hydrogen-bond donors (Lipinski definition) is 1. The summed E-state index contributed by atoms with van der Waals surface area (Å²) in [7, 11) is 0. The van der Waals surface area contributed by atoms with Gasteiger partial charge in [-0.3, -0.25) is 0 Å². The van der Waals surface area contributed by atoms with Crippen molar-refractivity contribution < 1.29 is 9.53 Å². The number of carbonyl (C=O) groups excluding carboxylic acids is 1. The molecule has 0 aliphatic rings. The highest BCUT2D eigenvalue weighted by Gasteiger charge is 2.25. The first-order chi connectivity index (χ1) is 13.1. The molecule has 0 aliphatic carbocycles. The Bertz CT molecular complexity index is 975. The van der Waals surface area contributed by atoms with Gasteiger partial charge in [0, 0.05) is 28.5 Å². The smallest absolute Gasteiger partial charge is 0.408 e. The van der Waals surface area contributed by atoms with Crippen LogP contribution in [0.15, 0.2) is 48.7 Å². The van der Waals surface area contributed by atoms with E-state index >= 15 is 0 Å².